The Labute approximate surface area is 122 Å². The molecule has 2 aromatic carbocycles. The summed E-state index contributed by atoms with van der Waals surface area (Å²) in [7, 11) is 0. The zero-order valence-electron chi connectivity index (χ0n) is 11.5. The summed E-state index contributed by atoms with van der Waals surface area (Å²) in [6, 6.07) is 10.5. The Morgan fingerprint density at radius 3 is 2.95 bits per heavy atom. The Balaban J connectivity index is 1.83. The molecule has 0 spiro atoms. The molecular weight excluding hydrogens is 262 g/mol. The number of nitrogens with zero attached hydrogens (tertiary/aromatic N) is 2. The van der Waals surface area contributed by atoms with E-state index in [4.69, 9.17) is 10.5 Å². The number of aromatic nitrogens is 2. The highest BCUT2D eigenvalue weighted by Crippen LogP contribution is 2.36. The van der Waals surface area contributed by atoms with Crippen LogP contribution in [0.15, 0.2) is 48.9 Å². The van der Waals surface area contributed by atoms with Crippen molar-refractivity contribution in [3.05, 3.63) is 54.5 Å². The molecule has 3 aromatic rings. The summed E-state index contributed by atoms with van der Waals surface area (Å²) in [5, 5.41) is 2.43. The molecule has 4 nitrogen and oxygen atoms in total. The Bertz CT molecular complexity index is 802. The van der Waals surface area contributed by atoms with Gasteiger partial charge in [-0.05, 0) is 22.9 Å². The van der Waals surface area contributed by atoms with Gasteiger partial charge in [-0.25, -0.2) is 0 Å². The highest BCUT2D eigenvalue weighted by Gasteiger charge is 2.23. The molecule has 2 N–H and O–H groups in total. The van der Waals surface area contributed by atoms with Crippen molar-refractivity contribution in [1.82, 2.24) is 9.97 Å². The molecule has 104 valence electrons. The van der Waals surface area contributed by atoms with Crippen LogP contribution in [0.25, 0.3) is 22.0 Å². The number of hydrogen-bond acceptors (Lipinski definition) is 4. The third-order valence-electron chi connectivity index (χ3n) is 3.94. The average Bonchev–Trinajstić information content (AvgIpc) is 2.99. The van der Waals surface area contributed by atoms with Gasteiger partial charge in [-0.2, -0.15) is 0 Å². The maximum Gasteiger partial charge on any atom is 0.123 e. The van der Waals surface area contributed by atoms with Crippen LogP contribution in [-0.4, -0.2) is 22.6 Å². The van der Waals surface area contributed by atoms with Crippen LogP contribution in [0.3, 0.4) is 0 Å². The van der Waals surface area contributed by atoms with Crippen LogP contribution in [0.5, 0.6) is 5.75 Å². The quantitative estimate of drug-likeness (QED) is 0.782. The van der Waals surface area contributed by atoms with Gasteiger partial charge < -0.3 is 10.5 Å². The van der Waals surface area contributed by atoms with Crippen LogP contribution in [-0.2, 0) is 6.42 Å². The second kappa shape index (κ2) is 4.82. The van der Waals surface area contributed by atoms with Crippen LogP contribution < -0.4 is 10.5 Å². The molecule has 0 bridgehead atoms. The minimum atomic E-state index is 0.102. The zero-order chi connectivity index (χ0) is 14.2. The Hall–Kier alpha value is -2.46. The van der Waals surface area contributed by atoms with Gasteiger partial charge in [0.15, 0.2) is 0 Å². The molecule has 0 radical (unpaired) electrons. The molecule has 1 aliphatic rings. The maximum atomic E-state index is 5.83. The Morgan fingerprint density at radius 1 is 1.19 bits per heavy atom. The zero-order valence-corrected chi connectivity index (χ0v) is 11.5. The highest BCUT2D eigenvalue weighted by molar-refractivity contribution is 5.91. The first-order valence-electron chi connectivity index (χ1n) is 7.04. The van der Waals surface area contributed by atoms with Crippen molar-refractivity contribution >= 4 is 10.8 Å². The fourth-order valence-electron chi connectivity index (χ4n) is 2.88. The van der Waals surface area contributed by atoms with E-state index in [0.717, 1.165) is 23.4 Å². The second-order valence-corrected chi connectivity index (χ2v) is 5.25. The van der Waals surface area contributed by atoms with Crippen molar-refractivity contribution < 1.29 is 4.74 Å². The molecule has 2 heterocycles. The van der Waals surface area contributed by atoms with Gasteiger partial charge in [0.25, 0.3) is 0 Å². The van der Waals surface area contributed by atoms with Crippen LogP contribution in [0.1, 0.15) is 5.56 Å². The normalized spacial score (nSPS) is 16.7. The molecule has 0 aliphatic carbocycles. The van der Waals surface area contributed by atoms with Gasteiger partial charge in [0.2, 0.25) is 0 Å². The predicted molar refractivity (Wildman–Crippen MR) is 82.1 cm³/mol. The predicted octanol–water partition coefficient (Wildman–Crippen LogP) is 2.56. The van der Waals surface area contributed by atoms with Gasteiger partial charge in [-0.1, -0.05) is 18.2 Å². The molecule has 21 heavy (non-hydrogen) atoms. The number of ether oxygens (including phenoxy) is 1. The van der Waals surface area contributed by atoms with E-state index in [-0.39, 0.29) is 6.10 Å². The average molecular weight is 277 g/mol. The molecule has 0 amide bonds. The van der Waals surface area contributed by atoms with Gasteiger partial charge in [0.1, 0.15) is 11.9 Å². The maximum absolute atomic E-state index is 5.83. The lowest BCUT2D eigenvalue weighted by Gasteiger charge is -2.07. The van der Waals surface area contributed by atoms with E-state index >= 15 is 0 Å². The summed E-state index contributed by atoms with van der Waals surface area (Å²) in [6.07, 6.45) is 6.16. The highest BCUT2D eigenvalue weighted by atomic mass is 16.5. The Kier molecular flexibility index (Phi) is 2.82. The molecule has 4 heteroatoms. The fourth-order valence-corrected chi connectivity index (χ4v) is 2.88. The molecule has 1 atom stereocenters. The van der Waals surface area contributed by atoms with Crippen molar-refractivity contribution in [3.63, 3.8) is 0 Å². The molecule has 4 rings (SSSR count). The minimum absolute atomic E-state index is 0.102. The van der Waals surface area contributed by atoms with E-state index in [2.05, 4.69) is 34.2 Å². The topological polar surface area (TPSA) is 61.0 Å². The van der Waals surface area contributed by atoms with Crippen LogP contribution in [0.4, 0.5) is 0 Å². The number of nitrogens with two attached hydrogens (primary N) is 1. The summed E-state index contributed by atoms with van der Waals surface area (Å²) in [6.45, 7) is 0.549. The van der Waals surface area contributed by atoms with Gasteiger partial charge in [-0.3, -0.25) is 9.97 Å². The summed E-state index contributed by atoms with van der Waals surface area (Å²) < 4.78 is 5.83. The lowest BCUT2D eigenvalue weighted by Crippen LogP contribution is -2.24. The summed E-state index contributed by atoms with van der Waals surface area (Å²) in [5.74, 6) is 0.963. The molecule has 0 unspecified atom stereocenters. The monoisotopic (exact) mass is 277 g/mol. The first-order chi connectivity index (χ1) is 10.3. The van der Waals surface area contributed by atoms with E-state index in [9.17, 15) is 0 Å². The van der Waals surface area contributed by atoms with Gasteiger partial charge in [0, 0.05) is 36.5 Å². The molecule has 1 aromatic heterocycles. The van der Waals surface area contributed by atoms with Crippen LogP contribution in [0, 0.1) is 0 Å². The fraction of sp³-hybridized carbons (Fsp3) is 0.176. The SMILES string of the molecule is NC[C@H]1Cc2c(ccc3cc(-c4cnccn4)ccc23)O1. The van der Waals surface area contributed by atoms with Crippen LogP contribution in [0.2, 0.25) is 0 Å². The van der Waals surface area contributed by atoms with E-state index in [1.807, 2.05) is 6.07 Å². The third-order valence-corrected chi connectivity index (χ3v) is 3.94. The summed E-state index contributed by atoms with van der Waals surface area (Å²) in [4.78, 5) is 8.47. The lowest BCUT2D eigenvalue weighted by atomic mass is 9.98. The van der Waals surface area contributed by atoms with Crippen LogP contribution >= 0.6 is 0 Å². The van der Waals surface area contributed by atoms with E-state index in [1.54, 1.807) is 18.6 Å². The Morgan fingerprint density at radius 2 is 2.14 bits per heavy atom. The van der Waals surface area contributed by atoms with E-state index < -0.39 is 0 Å². The van der Waals surface area contributed by atoms with Gasteiger partial charge in [0.05, 0.1) is 11.9 Å². The molecule has 0 saturated carbocycles. The smallest absolute Gasteiger partial charge is 0.123 e. The largest absolute Gasteiger partial charge is 0.488 e. The molecule has 0 saturated heterocycles. The first kappa shape index (κ1) is 12.3. The number of rotatable bonds is 2. The van der Waals surface area contributed by atoms with Crippen molar-refractivity contribution in [2.45, 2.75) is 12.5 Å². The molecule has 1 aliphatic heterocycles. The molecule has 0 fully saturated rings. The third kappa shape index (κ3) is 2.04. The lowest BCUT2D eigenvalue weighted by molar-refractivity contribution is 0.241. The summed E-state index contributed by atoms with van der Waals surface area (Å²) in [5.41, 5.74) is 8.93. The van der Waals surface area contributed by atoms with E-state index in [1.165, 1.54) is 16.3 Å². The van der Waals surface area contributed by atoms with Gasteiger partial charge >= 0.3 is 0 Å². The van der Waals surface area contributed by atoms with Gasteiger partial charge in [-0.15, -0.1) is 0 Å². The first-order valence-corrected chi connectivity index (χ1v) is 7.04. The minimum Gasteiger partial charge on any atom is -0.488 e. The second-order valence-electron chi connectivity index (χ2n) is 5.25. The van der Waals surface area contributed by atoms with E-state index in [0.29, 0.717) is 6.54 Å². The number of hydrogen-bond donors (Lipinski definition) is 1. The van der Waals surface area contributed by atoms with Crippen molar-refractivity contribution in [3.8, 4) is 17.0 Å². The van der Waals surface area contributed by atoms with Crippen molar-refractivity contribution in [2.75, 3.05) is 6.54 Å². The number of fused-ring (bicyclic) bond motifs is 3. The van der Waals surface area contributed by atoms with Crippen molar-refractivity contribution in [1.29, 1.82) is 0 Å². The summed E-state index contributed by atoms with van der Waals surface area (Å²) >= 11 is 0. The van der Waals surface area contributed by atoms with Crippen molar-refractivity contribution in [2.24, 2.45) is 5.73 Å². The standard InChI is InChI=1S/C17H15N3O/c18-9-13-8-15-14-3-1-12(16-10-19-5-6-20-16)7-11(14)2-4-17(15)21-13/h1-7,10,13H,8-9,18H2/t13-/m1/s1. The number of benzene rings is 2. The molecular formula is C17H15N3O.